The van der Waals surface area contributed by atoms with E-state index < -0.39 is 5.21 Å². The summed E-state index contributed by atoms with van der Waals surface area (Å²) in [5.41, 5.74) is 5.40. The van der Waals surface area contributed by atoms with Crippen LogP contribution in [0, 0.1) is 0 Å². The van der Waals surface area contributed by atoms with E-state index in [2.05, 4.69) is 70.8 Å². The maximum absolute atomic E-state index is 6.23. The van der Waals surface area contributed by atoms with Crippen molar-refractivity contribution in [3.63, 3.8) is 0 Å². The Morgan fingerprint density at radius 1 is 0.750 bits per heavy atom. The number of hydrogen-bond acceptors (Lipinski definition) is 1. The van der Waals surface area contributed by atoms with Crippen LogP contribution in [0.25, 0.3) is 11.3 Å². The van der Waals surface area contributed by atoms with Gasteiger partial charge in [-0.1, -0.05) is 83.5 Å². The molecule has 0 saturated carbocycles. The molecule has 1 aromatic heterocycles. The van der Waals surface area contributed by atoms with Gasteiger partial charge < -0.3 is 0 Å². The zero-order valence-corrected chi connectivity index (χ0v) is 16.1. The van der Waals surface area contributed by atoms with Crippen LogP contribution in [0.3, 0.4) is 0 Å². The molecule has 0 atom stereocenters. The minimum atomic E-state index is -0.897. The Bertz CT molecular complexity index is 711. The third-order valence-electron chi connectivity index (χ3n) is 4.34. The lowest BCUT2D eigenvalue weighted by atomic mass is 9.51. The maximum atomic E-state index is 6.23. The van der Waals surface area contributed by atoms with Crippen LogP contribution in [0.4, 0.5) is 0 Å². The number of pyridine rings is 1. The number of hydrogen-bond donors (Lipinski definition) is 0. The Kier molecular flexibility index (Phi) is 4.78. The van der Waals surface area contributed by atoms with Crippen LogP contribution < -0.4 is 0 Å². The van der Waals surface area contributed by atoms with Gasteiger partial charge in [0, 0.05) is 11.8 Å². The van der Waals surface area contributed by atoms with Crippen molar-refractivity contribution in [1.29, 1.82) is 0 Å². The van der Waals surface area contributed by atoms with Gasteiger partial charge >= 0.3 is 0 Å². The van der Waals surface area contributed by atoms with E-state index in [1.807, 2.05) is 19.2 Å². The second-order valence-corrected chi connectivity index (χ2v) is 8.98. The largest absolute Gasteiger partial charge is 0.256 e. The zero-order valence-electron chi connectivity index (χ0n) is 16.1. The van der Waals surface area contributed by atoms with Crippen molar-refractivity contribution in [2.45, 2.75) is 64.5 Å². The number of nitrogens with zero attached hydrogens (tertiary/aromatic N) is 1. The summed E-state index contributed by atoms with van der Waals surface area (Å²) >= 11 is 0. The fraction of sp³-hybridized carbons (Fsp3) is 0.476. The van der Waals surface area contributed by atoms with Crippen molar-refractivity contribution >= 4 is 15.7 Å². The molecule has 1 aromatic carbocycles. The molecule has 2 aromatic rings. The van der Waals surface area contributed by atoms with Crippen molar-refractivity contribution in [3.8, 4) is 11.3 Å². The van der Waals surface area contributed by atoms with Crippen molar-refractivity contribution < 1.29 is 0 Å². The second kappa shape index (κ2) is 6.10. The van der Waals surface area contributed by atoms with Crippen molar-refractivity contribution in [3.05, 3.63) is 53.2 Å². The molecule has 0 amide bonds. The Hall–Kier alpha value is -1.50. The van der Waals surface area contributed by atoms with Gasteiger partial charge in [-0.3, -0.25) is 4.98 Å². The predicted octanol–water partition coefficient (Wildman–Crippen LogP) is 4.85. The molecular weight excluding hydrogens is 288 g/mol. The highest BCUT2D eigenvalue weighted by molar-refractivity contribution is 6.39. The Morgan fingerprint density at radius 3 is 1.71 bits per heavy atom. The van der Waals surface area contributed by atoms with Gasteiger partial charge in [0.1, 0.15) is 0 Å². The molecule has 0 N–H and O–H groups in total. The standard InChI is InChI=1S/C21H27B2N/c1-19(2,3)15-10-8-14(9-11-15)18-12-16(21(7,22)23)17(13-24-18)20(4,5)6/h8-13H,1-7H3. The van der Waals surface area contributed by atoms with Gasteiger partial charge in [-0.2, -0.15) is 0 Å². The third kappa shape index (κ3) is 4.12. The quantitative estimate of drug-likeness (QED) is 0.722. The monoisotopic (exact) mass is 315 g/mol. The van der Waals surface area contributed by atoms with Crippen LogP contribution in [-0.2, 0) is 16.0 Å². The van der Waals surface area contributed by atoms with E-state index in [-0.39, 0.29) is 10.8 Å². The Labute approximate surface area is 150 Å². The number of rotatable bonds is 2. The molecule has 0 aliphatic carbocycles. The molecule has 0 fully saturated rings. The molecular formula is C21H27B2N. The summed E-state index contributed by atoms with van der Waals surface area (Å²) in [5.74, 6) is 0. The first-order chi connectivity index (χ1) is 10.8. The van der Waals surface area contributed by atoms with E-state index in [1.54, 1.807) is 0 Å². The molecule has 0 saturated heterocycles. The minimum Gasteiger partial charge on any atom is -0.256 e. The van der Waals surface area contributed by atoms with E-state index in [1.165, 1.54) is 5.56 Å². The SMILES string of the molecule is [B]C([B])(C)c1cc(-c2ccc(C(C)(C)C)cc2)ncc1C(C)(C)C. The molecule has 2 rings (SSSR count). The van der Waals surface area contributed by atoms with Crippen LogP contribution in [-0.4, -0.2) is 20.7 Å². The first kappa shape index (κ1) is 18.8. The minimum absolute atomic E-state index is 0.0586. The van der Waals surface area contributed by atoms with Crippen LogP contribution >= 0.6 is 0 Å². The summed E-state index contributed by atoms with van der Waals surface area (Å²) in [6.07, 6.45) is 1.92. The molecule has 0 aliphatic heterocycles. The molecule has 0 spiro atoms. The first-order valence-corrected chi connectivity index (χ1v) is 8.50. The number of aromatic nitrogens is 1. The topological polar surface area (TPSA) is 12.9 Å². The summed E-state index contributed by atoms with van der Waals surface area (Å²) in [5, 5.41) is -0.897. The van der Waals surface area contributed by atoms with Crippen LogP contribution in [0.15, 0.2) is 36.5 Å². The van der Waals surface area contributed by atoms with Gasteiger partial charge in [-0.05, 0) is 28.0 Å². The summed E-state index contributed by atoms with van der Waals surface area (Å²) in [7, 11) is 12.5. The van der Waals surface area contributed by atoms with Gasteiger partial charge in [-0.15, -0.1) is 0 Å². The Morgan fingerprint density at radius 2 is 1.29 bits per heavy atom. The molecule has 0 bridgehead atoms. The maximum Gasteiger partial charge on any atom is 0.0704 e. The average molecular weight is 315 g/mol. The van der Waals surface area contributed by atoms with E-state index in [9.17, 15) is 0 Å². The van der Waals surface area contributed by atoms with Gasteiger partial charge in [0.05, 0.1) is 21.4 Å². The zero-order chi connectivity index (χ0) is 18.3. The Balaban J connectivity index is 2.53. The molecule has 3 heteroatoms. The molecule has 0 unspecified atom stereocenters. The second-order valence-electron chi connectivity index (χ2n) is 8.98. The van der Waals surface area contributed by atoms with Crippen molar-refractivity contribution in [2.75, 3.05) is 0 Å². The molecule has 1 nitrogen and oxygen atoms in total. The summed E-state index contributed by atoms with van der Waals surface area (Å²) in [6, 6.07) is 10.6. The van der Waals surface area contributed by atoms with E-state index in [4.69, 9.17) is 15.7 Å². The highest BCUT2D eigenvalue weighted by Gasteiger charge is 2.25. The molecule has 4 radical (unpaired) electrons. The fourth-order valence-corrected chi connectivity index (χ4v) is 2.80. The van der Waals surface area contributed by atoms with Gasteiger partial charge in [0.25, 0.3) is 0 Å². The van der Waals surface area contributed by atoms with Crippen molar-refractivity contribution in [2.24, 2.45) is 0 Å². The lowest BCUT2D eigenvalue weighted by Gasteiger charge is -2.30. The molecule has 1 heterocycles. The van der Waals surface area contributed by atoms with Crippen LogP contribution in [0.1, 0.15) is 65.2 Å². The fourth-order valence-electron chi connectivity index (χ4n) is 2.80. The first-order valence-electron chi connectivity index (χ1n) is 8.50. The van der Waals surface area contributed by atoms with E-state index in [0.717, 1.165) is 22.4 Å². The average Bonchev–Trinajstić information content (AvgIpc) is 2.44. The normalized spacial score (nSPS) is 13.1. The van der Waals surface area contributed by atoms with Crippen molar-refractivity contribution in [1.82, 2.24) is 4.98 Å². The van der Waals surface area contributed by atoms with E-state index >= 15 is 0 Å². The molecule has 122 valence electrons. The lowest BCUT2D eigenvalue weighted by molar-refractivity contribution is 0.577. The highest BCUT2D eigenvalue weighted by Crippen LogP contribution is 2.33. The van der Waals surface area contributed by atoms with Gasteiger partial charge in [0.15, 0.2) is 0 Å². The summed E-state index contributed by atoms with van der Waals surface area (Å²) in [6.45, 7) is 14.9. The number of benzene rings is 1. The molecule has 0 aliphatic rings. The van der Waals surface area contributed by atoms with Gasteiger partial charge in [-0.25, -0.2) is 0 Å². The van der Waals surface area contributed by atoms with Gasteiger partial charge in [0.2, 0.25) is 0 Å². The molecule has 24 heavy (non-hydrogen) atoms. The smallest absolute Gasteiger partial charge is 0.0704 e. The third-order valence-corrected chi connectivity index (χ3v) is 4.34. The predicted molar refractivity (Wildman–Crippen MR) is 106 cm³/mol. The highest BCUT2D eigenvalue weighted by atomic mass is 14.7. The summed E-state index contributed by atoms with van der Waals surface area (Å²) < 4.78 is 0. The lowest BCUT2D eigenvalue weighted by Crippen LogP contribution is -2.28. The van der Waals surface area contributed by atoms with E-state index in [0.29, 0.717) is 0 Å². The van der Waals surface area contributed by atoms with Crippen LogP contribution in [0.2, 0.25) is 0 Å². The summed E-state index contributed by atoms with van der Waals surface area (Å²) in [4.78, 5) is 4.67. The van der Waals surface area contributed by atoms with Crippen LogP contribution in [0.5, 0.6) is 0 Å².